The maximum absolute atomic E-state index is 6.65. The number of nitrogens with zero attached hydrogens (tertiary/aromatic N) is 3. The minimum absolute atomic E-state index is 0.252. The predicted molar refractivity (Wildman–Crippen MR) is 228 cm³/mol. The van der Waals surface area contributed by atoms with Gasteiger partial charge in [0.05, 0.1) is 28.1 Å². The number of para-hydroxylation sites is 5. The lowest BCUT2D eigenvalue weighted by Crippen LogP contribution is -2.31. The molecular weight excluding hydrogens is 671 g/mol. The second-order valence-corrected chi connectivity index (χ2v) is 15.7. The van der Waals surface area contributed by atoms with Crippen LogP contribution in [-0.4, -0.2) is 4.57 Å². The van der Waals surface area contributed by atoms with Crippen LogP contribution in [0.2, 0.25) is 0 Å². The fourth-order valence-corrected chi connectivity index (χ4v) is 9.96. The molecule has 4 heteroatoms. The van der Waals surface area contributed by atoms with Gasteiger partial charge >= 0.3 is 0 Å². The first kappa shape index (κ1) is 30.7. The summed E-state index contributed by atoms with van der Waals surface area (Å²) in [6.07, 6.45) is 7.92. The van der Waals surface area contributed by atoms with Gasteiger partial charge in [-0.2, -0.15) is 0 Å². The molecule has 2 aliphatic heterocycles. The van der Waals surface area contributed by atoms with Gasteiger partial charge in [-0.1, -0.05) is 111 Å². The summed E-state index contributed by atoms with van der Waals surface area (Å²) in [5.41, 5.74) is 16.5. The lowest BCUT2D eigenvalue weighted by Gasteiger charge is -2.41. The van der Waals surface area contributed by atoms with Crippen molar-refractivity contribution in [2.24, 2.45) is 0 Å². The highest BCUT2D eigenvalue weighted by Gasteiger charge is 2.47. The zero-order chi connectivity index (χ0) is 36.4. The summed E-state index contributed by atoms with van der Waals surface area (Å²) >= 11 is 0. The van der Waals surface area contributed by atoms with Crippen molar-refractivity contribution in [1.29, 1.82) is 0 Å². The highest BCUT2D eigenvalue weighted by atomic mass is 16.3. The Labute approximate surface area is 319 Å². The van der Waals surface area contributed by atoms with Crippen LogP contribution in [0.1, 0.15) is 42.9 Å². The summed E-state index contributed by atoms with van der Waals surface area (Å²) < 4.78 is 9.17. The molecule has 0 radical (unpaired) electrons. The van der Waals surface area contributed by atoms with E-state index in [2.05, 4.69) is 192 Å². The van der Waals surface area contributed by atoms with Gasteiger partial charge in [0.2, 0.25) is 0 Å². The van der Waals surface area contributed by atoms with Crippen LogP contribution in [-0.2, 0) is 5.41 Å². The SMILES string of the molecule is CC1(C)c2cc(N(c3ccccc3)c3cccc4c3oc3ccccc34)ccc2N2C3=CC=CCC3c3c2c1cc1c2ccccc2n(-c2ccccc2)c31. The zero-order valence-corrected chi connectivity index (χ0v) is 30.7. The lowest BCUT2D eigenvalue weighted by molar-refractivity contribution is 0.632. The molecule has 0 bridgehead atoms. The third kappa shape index (κ3) is 4.11. The Balaban J connectivity index is 1.13. The van der Waals surface area contributed by atoms with E-state index in [1.54, 1.807) is 0 Å². The second-order valence-electron chi connectivity index (χ2n) is 15.7. The van der Waals surface area contributed by atoms with Gasteiger partial charge in [0.1, 0.15) is 5.58 Å². The Bertz CT molecular complexity index is 3110. The molecule has 55 heavy (non-hydrogen) atoms. The highest BCUT2D eigenvalue weighted by molar-refractivity contribution is 6.14. The summed E-state index contributed by atoms with van der Waals surface area (Å²) in [6, 6.07) is 55.0. The standard InChI is InChI=1S/C51H37N3O/c1-51(2)40-30-34(52(32-16-5-3-6-17-32)45-26-15-23-37-36-21-11-14-27-46(36)55-50(37)45)28-29-44(40)54-43-25-13-10-22-38(43)47-48-39(31-41(51)49(47)54)35-20-9-12-24-42(35)53(48)33-18-7-4-8-19-33/h3-21,23-31,38H,22H2,1-2H3. The fourth-order valence-electron chi connectivity index (χ4n) is 9.96. The van der Waals surface area contributed by atoms with E-state index >= 15 is 0 Å². The van der Waals surface area contributed by atoms with Crippen molar-refractivity contribution in [2.45, 2.75) is 31.6 Å². The molecule has 0 saturated heterocycles. The van der Waals surface area contributed by atoms with E-state index in [9.17, 15) is 0 Å². The summed E-state index contributed by atoms with van der Waals surface area (Å²) in [5.74, 6) is 0.252. The number of hydrogen-bond donors (Lipinski definition) is 0. The molecule has 4 nitrogen and oxygen atoms in total. The molecule has 262 valence electrons. The molecule has 3 aliphatic rings. The third-order valence-electron chi connectivity index (χ3n) is 12.4. The largest absolute Gasteiger partial charge is 0.454 e. The Morgan fingerprint density at radius 2 is 1.40 bits per heavy atom. The number of benzene rings is 7. The molecule has 0 spiro atoms. The van der Waals surface area contributed by atoms with E-state index in [-0.39, 0.29) is 11.3 Å². The first-order chi connectivity index (χ1) is 27.1. The molecule has 2 aromatic heterocycles. The van der Waals surface area contributed by atoms with Crippen LogP contribution in [0.25, 0.3) is 49.4 Å². The minimum Gasteiger partial charge on any atom is -0.454 e. The number of aromatic nitrogens is 1. The van der Waals surface area contributed by atoms with Gasteiger partial charge in [-0.05, 0) is 90.4 Å². The number of fused-ring (bicyclic) bond motifs is 12. The Hall–Kier alpha value is -6.78. The van der Waals surface area contributed by atoms with Crippen LogP contribution in [0, 0.1) is 0 Å². The summed E-state index contributed by atoms with van der Waals surface area (Å²) in [7, 11) is 0. The van der Waals surface area contributed by atoms with Gasteiger partial charge in [-0.15, -0.1) is 0 Å². The van der Waals surface area contributed by atoms with Gasteiger partial charge < -0.3 is 18.8 Å². The molecule has 1 atom stereocenters. The molecule has 0 amide bonds. The normalized spacial score (nSPS) is 16.4. The van der Waals surface area contributed by atoms with Crippen LogP contribution in [0.15, 0.2) is 180 Å². The van der Waals surface area contributed by atoms with Crippen LogP contribution >= 0.6 is 0 Å². The quantitative estimate of drug-likeness (QED) is 0.182. The first-order valence-corrected chi connectivity index (χ1v) is 19.3. The number of rotatable bonds is 4. The topological polar surface area (TPSA) is 24.6 Å². The molecule has 1 aliphatic carbocycles. The van der Waals surface area contributed by atoms with Crippen molar-refractivity contribution in [3.63, 3.8) is 0 Å². The van der Waals surface area contributed by atoms with Crippen LogP contribution < -0.4 is 9.80 Å². The maximum Gasteiger partial charge on any atom is 0.159 e. The Kier molecular flexibility index (Phi) is 6.20. The van der Waals surface area contributed by atoms with Crippen molar-refractivity contribution < 1.29 is 4.42 Å². The predicted octanol–water partition coefficient (Wildman–Crippen LogP) is 13.9. The summed E-state index contributed by atoms with van der Waals surface area (Å²) in [5, 5.41) is 4.86. The lowest BCUT2D eigenvalue weighted by atomic mass is 9.72. The molecule has 1 unspecified atom stereocenters. The number of hydrogen-bond acceptors (Lipinski definition) is 3. The van der Waals surface area contributed by atoms with Crippen LogP contribution in [0.3, 0.4) is 0 Å². The smallest absolute Gasteiger partial charge is 0.159 e. The number of furan rings is 1. The zero-order valence-electron chi connectivity index (χ0n) is 30.7. The monoisotopic (exact) mass is 707 g/mol. The maximum atomic E-state index is 6.65. The van der Waals surface area contributed by atoms with Crippen molar-refractivity contribution in [3.05, 3.63) is 192 Å². The Morgan fingerprint density at radius 3 is 2.25 bits per heavy atom. The molecule has 4 heterocycles. The van der Waals surface area contributed by atoms with Crippen molar-refractivity contribution in [1.82, 2.24) is 4.57 Å². The molecule has 12 rings (SSSR count). The van der Waals surface area contributed by atoms with Crippen LogP contribution in [0.5, 0.6) is 0 Å². The van der Waals surface area contributed by atoms with Gasteiger partial charge in [-0.25, -0.2) is 0 Å². The molecule has 0 N–H and O–H groups in total. The average molecular weight is 708 g/mol. The summed E-state index contributed by atoms with van der Waals surface area (Å²) in [6.45, 7) is 4.85. The molecule has 7 aromatic carbocycles. The van der Waals surface area contributed by atoms with E-state index < -0.39 is 0 Å². The van der Waals surface area contributed by atoms with E-state index in [0.29, 0.717) is 0 Å². The van der Waals surface area contributed by atoms with Crippen molar-refractivity contribution in [3.8, 4) is 5.69 Å². The van der Waals surface area contributed by atoms with E-state index in [1.165, 1.54) is 61.3 Å². The van der Waals surface area contributed by atoms with Gasteiger partial charge in [0.15, 0.2) is 5.58 Å². The minimum atomic E-state index is -0.300. The van der Waals surface area contributed by atoms with Crippen LogP contribution in [0.4, 0.5) is 28.4 Å². The average Bonchev–Trinajstić information content (AvgIpc) is 3.89. The third-order valence-corrected chi connectivity index (χ3v) is 12.4. The molecule has 0 saturated carbocycles. The van der Waals surface area contributed by atoms with Crippen molar-refractivity contribution >= 4 is 72.2 Å². The highest BCUT2D eigenvalue weighted by Crippen LogP contribution is 2.63. The van der Waals surface area contributed by atoms with Gasteiger partial charge in [0.25, 0.3) is 0 Å². The molecule has 0 fully saturated rings. The van der Waals surface area contributed by atoms with E-state index in [1.807, 2.05) is 6.07 Å². The number of anilines is 5. The van der Waals surface area contributed by atoms with E-state index in [0.717, 1.165) is 45.4 Å². The Morgan fingerprint density at radius 1 is 0.655 bits per heavy atom. The van der Waals surface area contributed by atoms with E-state index in [4.69, 9.17) is 4.42 Å². The van der Waals surface area contributed by atoms with Gasteiger partial charge in [-0.3, -0.25) is 0 Å². The number of allylic oxidation sites excluding steroid dienone is 4. The fraction of sp³-hybridized carbons (Fsp3) is 0.0980. The second kappa shape index (κ2) is 11.1. The van der Waals surface area contributed by atoms with Crippen molar-refractivity contribution in [2.75, 3.05) is 9.80 Å². The van der Waals surface area contributed by atoms with Gasteiger partial charge in [0, 0.05) is 61.2 Å². The summed E-state index contributed by atoms with van der Waals surface area (Å²) in [4.78, 5) is 4.97. The first-order valence-electron chi connectivity index (χ1n) is 19.3. The molecule has 9 aromatic rings. The molecular formula is C51H37N3O.